The molecule has 2 aromatic carbocycles. The molecule has 1 heterocycles. The molecule has 0 saturated heterocycles. The van der Waals surface area contributed by atoms with Crippen molar-refractivity contribution in [3.8, 4) is 5.75 Å². The van der Waals surface area contributed by atoms with Gasteiger partial charge in [-0.1, -0.05) is 24.3 Å². The van der Waals surface area contributed by atoms with Crippen molar-refractivity contribution >= 4 is 23.1 Å². The number of ether oxygens (including phenoxy) is 2. The quantitative estimate of drug-likeness (QED) is 0.518. The minimum absolute atomic E-state index is 0.141. The Morgan fingerprint density at radius 2 is 1.76 bits per heavy atom. The van der Waals surface area contributed by atoms with Crippen LogP contribution in [0.15, 0.2) is 54.2 Å². The van der Waals surface area contributed by atoms with Crippen LogP contribution in [0.25, 0.3) is 5.57 Å². The van der Waals surface area contributed by atoms with Crippen LogP contribution in [0.1, 0.15) is 18.9 Å². The number of amides is 2. The van der Waals surface area contributed by atoms with Gasteiger partial charge in [-0.25, -0.2) is 4.39 Å². The number of rotatable bonds is 9. The minimum Gasteiger partial charge on any atom is -0.495 e. The van der Waals surface area contributed by atoms with Gasteiger partial charge in [0, 0.05) is 19.8 Å². The fraction of sp³-hybridized carbons (Fsp3) is 0.273. The third kappa shape index (κ3) is 4.46. The summed E-state index contributed by atoms with van der Waals surface area (Å²) >= 11 is 0. The first-order chi connectivity index (χ1) is 14.1. The molecule has 0 radical (unpaired) electrons. The Bertz CT molecular complexity index is 925. The summed E-state index contributed by atoms with van der Waals surface area (Å²) in [5.74, 6) is -0.736. The second kappa shape index (κ2) is 9.34. The Balaban J connectivity index is 1.96. The van der Waals surface area contributed by atoms with Crippen molar-refractivity contribution in [1.29, 1.82) is 0 Å². The highest BCUT2D eigenvalue weighted by atomic mass is 19.1. The van der Waals surface area contributed by atoms with Crippen molar-refractivity contribution in [2.75, 3.05) is 32.2 Å². The van der Waals surface area contributed by atoms with Gasteiger partial charge in [-0.3, -0.25) is 14.5 Å². The molecule has 0 bridgehead atoms. The smallest absolute Gasteiger partial charge is 0.278 e. The van der Waals surface area contributed by atoms with E-state index < -0.39 is 17.6 Å². The standard InChI is InChI=1S/C22H23FN2O4/c1-3-29-14-6-13-25-21(26)19(15-9-11-16(23)12-10-15)20(22(25)27)24-17-7-4-5-8-18(17)28-2/h4-5,7-12,24H,3,6,13-14H2,1-2H3. The van der Waals surface area contributed by atoms with Crippen LogP contribution in [0.5, 0.6) is 5.75 Å². The number of para-hydroxylation sites is 2. The second-order valence-electron chi connectivity index (χ2n) is 6.39. The number of halogens is 1. The summed E-state index contributed by atoms with van der Waals surface area (Å²) in [5.41, 5.74) is 1.37. The third-order valence-corrected chi connectivity index (χ3v) is 4.54. The first kappa shape index (κ1) is 20.5. The molecule has 0 aromatic heterocycles. The molecule has 29 heavy (non-hydrogen) atoms. The summed E-state index contributed by atoms with van der Waals surface area (Å²) < 4.78 is 24.0. The van der Waals surface area contributed by atoms with Crippen LogP contribution in [0, 0.1) is 5.82 Å². The van der Waals surface area contributed by atoms with Gasteiger partial charge < -0.3 is 14.8 Å². The largest absolute Gasteiger partial charge is 0.495 e. The normalized spacial score (nSPS) is 14.0. The molecule has 1 N–H and O–H groups in total. The molecule has 2 amide bonds. The van der Waals surface area contributed by atoms with E-state index in [2.05, 4.69) is 5.32 Å². The minimum atomic E-state index is -0.434. The average molecular weight is 398 g/mol. The molecule has 152 valence electrons. The molecule has 1 aliphatic heterocycles. The summed E-state index contributed by atoms with van der Waals surface area (Å²) in [5, 5.41) is 3.05. The molecule has 1 aliphatic rings. The maximum Gasteiger partial charge on any atom is 0.278 e. The van der Waals surface area contributed by atoms with E-state index in [1.807, 2.05) is 6.92 Å². The molecule has 2 aromatic rings. The number of imide groups is 1. The zero-order valence-corrected chi connectivity index (χ0v) is 16.4. The number of benzene rings is 2. The number of nitrogens with one attached hydrogen (secondary N) is 1. The monoisotopic (exact) mass is 398 g/mol. The van der Waals surface area contributed by atoms with Gasteiger partial charge in [0.15, 0.2) is 0 Å². The molecule has 0 aliphatic carbocycles. The Labute approximate surface area is 168 Å². The molecule has 0 saturated carbocycles. The van der Waals surface area contributed by atoms with Crippen LogP contribution in [-0.4, -0.2) is 43.6 Å². The highest BCUT2D eigenvalue weighted by molar-refractivity contribution is 6.36. The van der Waals surface area contributed by atoms with E-state index in [0.29, 0.717) is 36.6 Å². The molecule has 3 rings (SSSR count). The van der Waals surface area contributed by atoms with Gasteiger partial charge in [0.1, 0.15) is 17.3 Å². The maximum absolute atomic E-state index is 13.4. The van der Waals surface area contributed by atoms with Gasteiger partial charge >= 0.3 is 0 Å². The van der Waals surface area contributed by atoms with E-state index in [-0.39, 0.29) is 17.8 Å². The Morgan fingerprint density at radius 3 is 2.45 bits per heavy atom. The maximum atomic E-state index is 13.4. The highest BCUT2D eigenvalue weighted by Gasteiger charge is 2.39. The number of methoxy groups -OCH3 is 1. The molecular weight excluding hydrogens is 375 g/mol. The molecule has 7 heteroatoms. The molecule has 0 atom stereocenters. The number of hydrogen-bond donors (Lipinski definition) is 1. The summed E-state index contributed by atoms with van der Waals surface area (Å²) in [7, 11) is 1.53. The van der Waals surface area contributed by atoms with Crippen molar-refractivity contribution in [2.24, 2.45) is 0 Å². The molecule has 6 nitrogen and oxygen atoms in total. The van der Waals surface area contributed by atoms with E-state index in [4.69, 9.17) is 9.47 Å². The summed E-state index contributed by atoms with van der Waals surface area (Å²) in [6.07, 6.45) is 0.532. The van der Waals surface area contributed by atoms with E-state index >= 15 is 0 Å². The van der Waals surface area contributed by atoms with Gasteiger partial charge in [0.25, 0.3) is 11.8 Å². The predicted molar refractivity (Wildman–Crippen MR) is 108 cm³/mol. The van der Waals surface area contributed by atoms with Gasteiger partial charge in [0.05, 0.1) is 18.4 Å². The van der Waals surface area contributed by atoms with Crippen molar-refractivity contribution in [2.45, 2.75) is 13.3 Å². The zero-order valence-electron chi connectivity index (χ0n) is 16.4. The van der Waals surface area contributed by atoms with E-state index in [0.717, 1.165) is 0 Å². The van der Waals surface area contributed by atoms with Crippen LogP contribution in [0.3, 0.4) is 0 Å². The lowest BCUT2D eigenvalue weighted by molar-refractivity contribution is -0.137. The van der Waals surface area contributed by atoms with Crippen LogP contribution in [0.2, 0.25) is 0 Å². The first-order valence-corrected chi connectivity index (χ1v) is 9.41. The van der Waals surface area contributed by atoms with Gasteiger partial charge in [-0.15, -0.1) is 0 Å². The number of anilines is 1. The fourth-order valence-corrected chi connectivity index (χ4v) is 3.13. The average Bonchev–Trinajstić information content (AvgIpc) is 2.96. The Hall–Kier alpha value is -3.19. The van der Waals surface area contributed by atoms with Gasteiger partial charge in [0.2, 0.25) is 0 Å². The van der Waals surface area contributed by atoms with Crippen LogP contribution in [0.4, 0.5) is 10.1 Å². The number of carbonyl (C=O) groups is 2. The molecule has 0 fully saturated rings. The van der Waals surface area contributed by atoms with Crippen molar-refractivity contribution in [3.05, 3.63) is 65.6 Å². The lowest BCUT2D eigenvalue weighted by Crippen LogP contribution is -2.34. The number of carbonyl (C=O) groups excluding carboxylic acids is 2. The molecular formula is C22H23FN2O4. The predicted octanol–water partition coefficient (Wildman–Crippen LogP) is 3.45. The van der Waals surface area contributed by atoms with E-state index in [1.165, 1.54) is 36.3 Å². The molecule has 0 spiro atoms. The first-order valence-electron chi connectivity index (χ1n) is 9.41. The Kier molecular flexibility index (Phi) is 6.61. The highest BCUT2D eigenvalue weighted by Crippen LogP contribution is 2.33. The van der Waals surface area contributed by atoms with Crippen LogP contribution in [-0.2, 0) is 14.3 Å². The summed E-state index contributed by atoms with van der Waals surface area (Å²) in [6, 6.07) is 12.6. The number of hydrogen-bond acceptors (Lipinski definition) is 5. The van der Waals surface area contributed by atoms with Crippen LogP contribution < -0.4 is 10.1 Å². The zero-order chi connectivity index (χ0) is 20.8. The number of nitrogens with zero attached hydrogens (tertiary/aromatic N) is 1. The van der Waals surface area contributed by atoms with Gasteiger partial charge in [-0.2, -0.15) is 0 Å². The fourth-order valence-electron chi connectivity index (χ4n) is 3.13. The summed E-state index contributed by atoms with van der Waals surface area (Å²) in [4.78, 5) is 27.3. The second-order valence-corrected chi connectivity index (χ2v) is 6.39. The van der Waals surface area contributed by atoms with Crippen molar-refractivity contribution in [3.63, 3.8) is 0 Å². The van der Waals surface area contributed by atoms with Crippen LogP contribution >= 0.6 is 0 Å². The topological polar surface area (TPSA) is 67.9 Å². The summed E-state index contributed by atoms with van der Waals surface area (Å²) in [6.45, 7) is 3.14. The SMILES string of the molecule is CCOCCCN1C(=O)C(Nc2ccccc2OC)=C(c2ccc(F)cc2)C1=O. The lowest BCUT2D eigenvalue weighted by Gasteiger charge is -2.15. The Morgan fingerprint density at radius 1 is 1.03 bits per heavy atom. The van der Waals surface area contributed by atoms with E-state index in [9.17, 15) is 14.0 Å². The van der Waals surface area contributed by atoms with Crippen molar-refractivity contribution in [1.82, 2.24) is 4.90 Å². The lowest BCUT2D eigenvalue weighted by atomic mass is 10.0. The third-order valence-electron chi connectivity index (χ3n) is 4.54. The van der Waals surface area contributed by atoms with Crippen molar-refractivity contribution < 1.29 is 23.5 Å². The van der Waals surface area contributed by atoms with Gasteiger partial charge in [-0.05, 0) is 43.2 Å². The van der Waals surface area contributed by atoms with E-state index in [1.54, 1.807) is 24.3 Å². The molecule has 0 unspecified atom stereocenters.